The lowest BCUT2D eigenvalue weighted by atomic mass is 10.1. The highest BCUT2D eigenvalue weighted by Gasteiger charge is 2.08. The Kier molecular flexibility index (Phi) is 3.91. The smallest absolute Gasteiger partial charge is 0.229 e. The molecule has 0 amide bonds. The Morgan fingerprint density at radius 1 is 1.21 bits per heavy atom. The second kappa shape index (κ2) is 5.30. The van der Waals surface area contributed by atoms with E-state index in [0.29, 0.717) is 11.6 Å². The molecule has 0 aliphatic heterocycles. The molecule has 1 N–H and O–H groups in total. The van der Waals surface area contributed by atoms with E-state index in [2.05, 4.69) is 23.6 Å². The zero-order valence-corrected chi connectivity index (χ0v) is 12.7. The van der Waals surface area contributed by atoms with Crippen LogP contribution in [-0.2, 0) is 10.0 Å². The molecule has 0 spiro atoms. The molecule has 2 rings (SSSR count). The molecule has 1 aromatic carbocycles. The molecule has 19 heavy (non-hydrogen) atoms. The third kappa shape index (κ3) is 3.78. The van der Waals surface area contributed by atoms with Crippen LogP contribution in [-0.4, -0.2) is 19.7 Å². The molecular formula is C13H16N2O2S2. The number of hydrogen-bond acceptors (Lipinski definition) is 4. The SMILES string of the molecule is CC(C)c1nc(-c2ccc(NS(C)(=O)=O)cc2)cs1. The molecule has 0 atom stereocenters. The summed E-state index contributed by atoms with van der Waals surface area (Å²) < 4.78 is 24.7. The van der Waals surface area contributed by atoms with Gasteiger partial charge in [-0.3, -0.25) is 4.72 Å². The monoisotopic (exact) mass is 296 g/mol. The zero-order valence-electron chi connectivity index (χ0n) is 11.0. The predicted octanol–water partition coefficient (Wildman–Crippen LogP) is 3.31. The van der Waals surface area contributed by atoms with Crippen molar-refractivity contribution in [1.82, 2.24) is 4.98 Å². The zero-order chi connectivity index (χ0) is 14.0. The van der Waals surface area contributed by atoms with Gasteiger partial charge >= 0.3 is 0 Å². The highest BCUT2D eigenvalue weighted by Crippen LogP contribution is 2.27. The fraction of sp³-hybridized carbons (Fsp3) is 0.308. The van der Waals surface area contributed by atoms with Gasteiger partial charge in [0.25, 0.3) is 0 Å². The fourth-order valence-corrected chi connectivity index (χ4v) is 3.02. The van der Waals surface area contributed by atoms with Gasteiger partial charge in [-0.2, -0.15) is 0 Å². The van der Waals surface area contributed by atoms with Crippen LogP contribution >= 0.6 is 11.3 Å². The maximum atomic E-state index is 11.1. The normalized spacial score (nSPS) is 11.8. The minimum atomic E-state index is -3.23. The maximum Gasteiger partial charge on any atom is 0.229 e. The van der Waals surface area contributed by atoms with Crippen LogP contribution in [0.15, 0.2) is 29.6 Å². The topological polar surface area (TPSA) is 59.1 Å². The van der Waals surface area contributed by atoms with E-state index in [1.165, 1.54) is 0 Å². The van der Waals surface area contributed by atoms with Crippen molar-refractivity contribution < 1.29 is 8.42 Å². The number of nitrogens with one attached hydrogen (secondary N) is 1. The van der Waals surface area contributed by atoms with E-state index in [1.54, 1.807) is 23.5 Å². The Balaban J connectivity index is 2.22. The van der Waals surface area contributed by atoms with Crippen molar-refractivity contribution in [3.8, 4) is 11.3 Å². The highest BCUT2D eigenvalue weighted by atomic mass is 32.2. The molecule has 0 saturated carbocycles. The molecule has 102 valence electrons. The van der Waals surface area contributed by atoms with E-state index < -0.39 is 10.0 Å². The summed E-state index contributed by atoms with van der Waals surface area (Å²) in [7, 11) is -3.23. The Morgan fingerprint density at radius 2 is 1.84 bits per heavy atom. The molecule has 0 radical (unpaired) electrons. The first-order valence-electron chi connectivity index (χ1n) is 5.89. The van der Waals surface area contributed by atoms with Crippen molar-refractivity contribution in [1.29, 1.82) is 0 Å². The molecule has 1 aromatic heterocycles. The molecule has 2 aromatic rings. The minimum Gasteiger partial charge on any atom is -0.284 e. The number of anilines is 1. The summed E-state index contributed by atoms with van der Waals surface area (Å²) in [4.78, 5) is 4.56. The van der Waals surface area contributed by atoms with Crippen molar-refractivity contribution in [2.24, 2.45) is 0 Å². The van der Waals surface area contributed by atoms with E-state index in [0.717, 1.165) is 22.5 Å². The summed E-state index contributed by atoms with van der Waals surface area (Å²) in [5.74, 6) is 0.421. The highest BCUT2D eigenvalue weighted by molar-refractivity contribution is 7.92. The van der Waals surface area contributed by atoms with Gasteiger partial charge in [0.05, 0.1) is 17.0 Å². The van der Waals surface area contributed by atoms with Crippen molar-refractivity contribution in [2.45, 2.75) is 19.8 Å². The molecule has 6 heteroatoms. The molecule has 0 unspecified atom stereocenters. The Hall–Kier alpha value is -1.40. The molecule has 0 fully saturated rings. The van der Waals surface area contributed by atoms with Crippen LogP contribution in [0.2, 0.25) is 0 Å². The lowest BCUT2D eigenvalue weighted by molar-refractivity contribution is 0.607. The lowest BCUT2D eigenvalue weighted by Crippen LogP contribution is -2.09. The average molecular weight is 296 g/mol. The molecule has 0 bridgehead atoms. The predicted molar refractivity (Wildman–Crippen MR) is 80.1 cm³/mol. The van der Waals surface area contributed by atoms with Crippen LogP contribution in [0.5, 0.6) is 0 Å². The van der Waals surface area contributed by atoms with Crippen LogP contribution in [0.3, 0.4) is 0 Å². The lowest BCUT2D eigenvalue weighted by Gasteiger charge is -2.04. The summed E-state index contributed by atoms with van der Waals surface area (Å²) in [6.07, 6.45) is 1.14. The van der Waals surface area contributed by atoms with E-state index >= 15 is 0 Å². The Labute approximate surface area is 117 Å². The Morgan fingerprint density at radius 3 is 2.32 bits per heavy atom. The first kappa shape index (κ1) is 14.0. The van der Waals surface area contributed by atoms with Crippen molar-refractivity contribution in [2.75, 3.05) is 11.0 Å². The van der Waals surface area contributed by atoms with Crippen molar-refractivity contribution >= 4 is 27.0 Å². The number of nitrogens with zero attached hydrogens (tertiary/aromatic N) is 1. The van der Waals surface area contributed by atoms with Crippen molar-refractivity contribution in [3.63, 3.8) is 0 Å². The van der Waals surface area contributed by atoms with Crippen molar-refractivity contribution in [3.05, 3.63) is 34.7 Å². The van der Waals surface area contributed by atoms with Gasteiger partial charge in [-0.15, -0.1) is 11.3 Å². The molecule has 0 aliphatic carbocycles. The largest absolute Gasteiger partial charge is 0.284 e. The van der Waals surface area contributed by atoms with Gasteiger partial charge in [0.1, 0.15) is 0 Å². The molecular weight excluding hydrogens is 280 g/mol. The molecule has 1 heterocycles. The fourth-order valence-electron chi connectivity index (χ4n) is 1.61. The summed E-state index contributed by atoms with van der Waals surface area (Å²) in [5, 5.41) is 3.13. The summed E-state index contributed by atoms with van der Waals surface area (Å²) in [6, 6.07) is 7.22. The van der Waals surface area contributed by atoms with Crippen LogP contribution in [0.25, 0.3) is 11.3 Å². The average Bonchev–Trinajstić information content (AvgIpc) is 2.77. The summed E-state index contributed by atoms with van der Waals surface area (Å²) >= 11 is 1.64. The standard InChI is InChI=1S/C13H16N2O2S2/c1-9(2)13-14-12(8-18-13)10-4-6-11(7-5-10)15-19(3,16)17/h4-9,15H,1-3H3. The van der Waals surface area contributed by atoms with Gasteiger partial charge in [0.15, 0.2) is 0 Å². The first-order valence-corrected chi connectivity index (χ1v) is 8.66. The van der Waals surface area contributed by atoms with Crippen LogP contribution < -0.4 is 4.72 Å². The van der Waals surface area contributed by atoms with Crippen LogP contribution in [0.4, 0.5) is 5.69 Å². The molecule has 0 saturated heterocycles. The first-order chi connectivity index (χ1) is 8.85. The third-order valence-corrected chi connectivity index (χ3v) is 4.25. The maximum absolute atomic E-state index is 11.1. The number of thiazole rings is 1. The van der Waals surface area contributed by atoms with E-state index in [-0.39, 0.29) is 0 Å². The number of sulfonamides is 1. The van der Waals surface area contributed by atoms with Gasteiger partial charge in [-0.05, 0) is 12.1 Å². The number of hydrogen-bond donors (Lipinski definition) is 1. The minimum absolute atomic E-state index is 0.421. The van der Waals surface area contributed by atoms with E-state index in [9.17, 15) is 8.42 Å². The second-order valence-corrected chi connectivity index (χ2v) is 7.32. The van der Waals surface area contributed by atoms with E-state index in [4.69, 9.17) is 0 Å². The molecule has 0 aliphatic rings. The van der Waals surface area contributed by atoms with Crippen LogP contribution in [0, 0.1) is 0 Å². The Bertz CT molecular complexity index is 658. The number of benzene rings is 1. The number of aromatic nitrogens is 1. The third-order valence-electron chi connectivity index (χ3n) is 2.50. The van der Waals surface area contributed by atoms with Gasteiger partial charge in [-0.1, -0.05) is 26.0 Å². The quantitative estimate of drug-likeness (QED) is 0.941. The molecule has 4 nitrogen and oxygen atoms in total. The number of rotatable bonds is 4. The summed E-state index contributed by atoms with van der Waals surface area (Å²) in [6.45, 7) is 4.23. The van der Waals surface area contributed by atoms with Gasteiger partial charge < -0.3 is 0 Å². The summed E-state index contributed by atoms with van der Waals surface area (Å²) in [5.41, 5.74) is 2.48. The van der Waals surface area contributed by atoms with Gasteiger partial charge in [0.2, 0.25) is 10.0 Å². The van der Waals surface area contributed by atoms with Crippen LogP contribution in [0.1, 0.15) is 24.8 Å². The second-order valence-electron chi connectivity index (χ2n) is 4.68. The van der Waals surface area contributed by atoms with E-state index in [1.807, 2.05) is 17.5 Å². The van der Waals surface area contributed by atoms with Gasteiger partial charge in [-0.25, -0.2) is 13.4 Å². The van der Waals surface area contributed by atoms with Gasteiger partial charge in [0, 0.05) is 22.5 Å².